The van der Waals surface area contributed by atoms with Gasteiger partial charge in [0, 0.05) is 64.6 Å². The zero-order valence-corrected chi connectivity index (χ0v) is 18.9. The number of rotatable bonds is 6. The van der Waals surface area contributed by atoms with Crippen molar-refractivity contribution in [2.24, 2.45) is 12.0 Å². The lowest BCUT2D eigenvalue weighted by Crippen LogP contribution is -2.38. The Bertz CT molecular complexity index is 884. The molecule has 7 heteroatoms. The summed E-state index contributed by atoms with van der Waals surface area (Å²) in [5, 5.41) is 8.03. The Labute approximate surface area is 179 Å². The molecule has 1 aromatic heterocycles. The molecule has 0 radical (unpaired) electrons. The highest BCUT2D eigenvalue weighted by atomic mass is 16.2. The summed E-state index contributed by atoms with van der Waals surface area (Å²) >= 11 is 0. The minimum atomic E-state index is 0.227. The van der Waals surface area contributed by atoms with Crippen LogP contribution in [0.1, 0.15) is 55.8 Å². The third kappa shape index (κ3) is 5.20. The highest BCUT2D eigenvalue weighted by Gasteiger charge is 2.19. The summed E-state index contributed by atoms with van der Waals surface area (Å²) in [5.41, 5.74) is 4.49. The largest absolute Gasteiger partial charge is 0.352 e. The molecule has 0 atom stereocenters. The van der Waals surface area contributed by atoms with E-state index in [4.69, 9.17) is 0 Å². The number of aryl methyl sites for hydroxylation is 1. The molecule has 2 aromatic rings. The Morgan fingerprint density at radius 2 is 2.00 bits per heavy atom. The third-order valence-corrected chi connectivity index (χ3v) is 5.49. The molecule has 1 amide bonds. The molecule has 0 saturated carbocycles. The predicted octanol–water partition coefficient (Wildman–Crippen LogP) is 3.27. The van der Waals surface area contributed by atoms with Gasteiger partial charge in [-0.05, 0) is 36.5 Å². The number of hydrogen-bond donors (Lipinski definition) is 1. The minimum absolute atomic E-state index is 0.227. The number of aromatic nitrogens is 2. The zero-order valence-electron chi connectivity index (χ0n) is 18.9. The van der Waals surface area contributed by atoms with Crippen LogP contribution in [0.4, 0.5) is 5.69 Å². The van der Waals surface area contributed by atoms with Crippen LogP contribution in [0.5, 0.6) is 0 Å². The summed E-state index contributed by atoms with van der Waals surface area (Å²) in [7, 11) is 5.80. The number of carbonyl (C=O) groups excluding carboxylic acids is 1. The van der Waals surface area contributed by atoms with Crippen LogP contribution in [0.15, 0.2) is 35.5 Å². The van der Waals surface area contributed by atoms with Crippen molar-refractivity contribution >= 4 is 17.6 Å². The van der Waals surface area contributed by atoms with Crippen molar-refractivity contribution < 1.29 is 4.79 Å². The normalized spacial score (nSPS) is 15.1. The monoisotopic (exact) mass is 410 g/mol. The number of benzene rings is 1. The van der Waals surface area contributed by atoms with E-state index < -0.39 is 0 Å². The number of hydrogen-bond acceptors (Lipinski definition) is 3. The molecular formula is C23H34N6O. The molecule has 2 heterocycles. The van der Waals surface area contributed by atoms with Gasteiger partial charge in [-0.15, -0.1) is 0 Å². The first-order valence-electron chi connectivity index (χ1n) is 10.7. The quantitative estimate of drug-likeness (QED) is 0.586. The van der Waals surface area contributed by atoms with Crippen molar-refractivity contribution in [1.29, 1.82) is 0 Å². The van der Waals surface area contributed by atoms with E-state index in [1.807, 2.05) is 35.8 Å². The second kappa shape index (κ2) is 9.78. The topological polar surface area (TPSA) is 65.8 Å². The first-order valence-corrected chi connectivity index (χ1v) is 10.7. The van der Waals surface area contributed by atoms with Crippen molar-refractivity contribution in [1.82, 2.24) is 20.0 Å². The fraction of sp³-hybridized carbons (Fsp3) is 0.522. The van der Waals surface area contributed by atoms with Gasteiger partial charge in [-0.1, -0.05) is 26.0 Å². The fourth-order valence-electron chi connectivity index (χ4n) is 3.93. The number of aliphatic imine (C=N–C) groups is 1. The molecule has 0 spiro atoms. The highest BCUT2D eigenvalue weighted by molar-refractivity contribution is 5.93. The lowest BCUT2D eigenvalue weighted by molar-refractivity contribution is -0.119. The number of piperidine rings is 1. The van der Waals surface area contributed by atoms with Gasteiger partial charge in [0.2, 0.25) is 5.91 Å². The molecule has 1 fully saturated rings. The number of carbonyl (C=O) groups is 1. The summed E-state index contributed by atoms with van der Waals surface area (Å²) in [4.78, 5) is 20.6. The number of anilines is 1. The Morgan fingerprint density at radius 3 is 2.63 bits per heavy atom. The van der Waals surface area contributed by atoms with Gasteiger partial charge >= 0.3 is 0 Å². The molecule has 0 bridgehead atoms. The standard InChI is InChI=1S/C23H34N6O/c1-17(2)22-19(16-28(5)26-22)15-27(4)23(24-3)25-14-18-9-11-20(12-10-18)29-13-7-6-8-21(29)30/h9-12,16-17H,6-8,13-15H2,1-5H3,(H,24,25). The molecule has 1 saturated heterocycles. The summed E-state index contributed by atoms with van der Waals surface area (Å²) < 4.78 is 1.88. The Morgan fingerprint density at radius 1 is 1.27 bits per heavy atom. The molecule has 1 aliphatic rings. The van der Waals surface area contributed by atoms with Crippen LogP contribution in [0.2, 0.25) is 0 Å². The zero-order chi connectivity index (χ0) is 21.7. The van der Waals surface area contributed by atoms with Crippen molar-refractivity contribution in [3.8, 4) is 0 Å². The average Bonchev–Trinajstić information content (AvgIpc) is 3.10. The predicted molar refractivity (Wildman–Crippen MR) is 122 cm³/mol. The molecule has 1 aromatic carbocycles. The maximum absolute atomic E-state index is 12.1. The van der Waals surface area contributed by atoms with Gasteiger partial charge in [0.1, 0.15) is 0 Å². The van der Waals surface area contributed by atoms with E-state index in [0.29, 0.717) is 18.9 Å². The van der Waals surface area contributed by atoms with Crippen LogP contribution in [0, 0.1) is 0 Å². The molecule has 162 valence electrons. The molecule has 7 nitrogen and oxygen atoms in total. The van der Waals surface area contributed by atoms with Crippen molar-refractivity contribution in [2.75, 3.05) is 25.5 Å². The Hall–Kier alpha value is -2.83. The molecule has 3 rings (SSSR count). The van der Waals surface area contributed by atoms with Gasteiger partial charge in [-0.3, -0.25) is 14.5 Å². The second-order valence-corrected chi connectivity index (χ2v) is 8.29. The molecule has 1 N–H and O–H groups in total. The first-order chi connectivity index (χ1) is 14.4. The number of nitrogens with one attached hydrogen (secondary N) is 1. The molecule has 1 aliphatic heterocycles. The van der Waals surface area contributed by atoms with E-state index in [1.54, 1.807) is 7.05 Å². The van der Waals surface area contributed by atoms with E-state index >= 15 is 0 Å². The maximum Gasteiger partial charge on any atom is 0.226 e. The Balaban J connectivity index is 1.59. The van der Waals surface area contributed by atoms with Crippen LogP contribution in [0.3, 0.4) is 0 Å². The van der Waals surface area contributed by atoms with E-state index in [2.05, 4.69) is 52.5 Å². The minimum Gasteiger partial charge on any atom is -0.352 e. The fourth-order valence-corrected chi connectivity index (χ4v) is 3.93. The van der Waals surface area contributed by atoms with Crippen LogP contribution >= 0.6 is 0 Å². The van der Waals surface area contributed by atoms with Gasteiger partial charge in [0.25, 0.3) is 0 Å². The van der Waals surface area contributed by atoms with Crippen LogP contribution < -0.4 is 10.2 Å². The third-order valence-electron chi connectivity index (χ3n) is 5.49. The molecule has 30 heavy (non-hydrogen) atoms. The average molecular weight is 411 g/mol. The number of nitrogens with zero attached hydrogens (tertiary/aromatic N) is 5. The lowest BCUT2D eigenvalue weighted by Gasteiger charge is -2.27. The van der Waals surface area contributed by atoms with Gasteiger partial charge < -0.3 is 15.1 Å². The van der Waals surface area contributed by atoms with Crippen molar-refractivity contribution in [2.45, 2.75) is 52.1 Å². The highest BCUT2D eigenvalue weighted by Crippen LogP contribution is 2.21. The van der Waals surface area contributed by atoms with Crippen LogP contribution in [0.25, 0.3) is 0 Å². The van der Waals surface area contributed by atoms with Gasteiger partial charge in [-0.2, -0.15) is 5.10 Å². The summed E-state index contributed by atoms with van der Waals surface area (Å²) in [5.74, 6) is 1.45. The number of guanidine groups is 1. The SMILES string of the molecule is CN=C(NCc1ccc(N2CCCCC2=O)cc1)N(C)Cc1cn(C)nc1C(C)C. The molecule has 0 aliphatic carbocycles. The van der Waals surface area contributed by atoms with Crippen molar-refractivity contribution in [3.05, 3.63) is 47.3 Å². The second-order valence-electron chi connectivity index (χ2n) is 8.29. The Kier molecular flexibility index (Phi) is 7.13. The van der Waals surface area contributed by atoms with Gasteiger partial charge in [-0.25, -0.2) is 0 Å². The molecule has 0 unspecified atom stereocenters. The van der Waals surface area contributed by atoms with E-state index in [9.17, 15) is 4.79 Å². The van der Waals surface area contributed by atoms with E-state index in [-0.39, 0.29) is 5.91 Å². The van der Waals surface area contributed by atoms with Crippen LogP contribution in [-0.2, 0) is 24.9 Å². The van der Waals surface area contributed by atoms with Crippen molar-refractivity contribution in [3.63, 3.8) is 0 Å². The van der Waals surface area contributed by atoms with Gasteiger partial charge in [0.05, 0.1) is 5.69 Å². The lowest BCUT2D eigenvalue weighted by atomic mass is 10.1. The van der Waals surface area contributed by atoms with Gasteiger partial charge in [0.15, 0.2) is 5.96 Å². The van der Waals surface area contributed by atoms with Crippen LogP contribution in [-0.4, -0.2) is 47.2 Å². The maximum atomic E-state index is 12.1. The van der Waals surface area contributed by atoms with E-state index in [0.717, 1.165) is 48.8 Å². The first kappa shape index (κ1) is 21.9. The van der Waals surface area contributed by atoms with E-state index in [1.165, 1.54) is 5.56 Å². The number of amides is 1. The smallest absolute Gasteiger partial charge is 0.226 e. The molecular weight excluding hydrogens is 376 g/mol. The summed E-state index contributed by atoms with van der Waals surface area (Å²) in [6.07, 6.45) is 4.82. The summed E-state index contributed by atoms with van der Waals surface area (Å²) in [6.45, 7) is 6.58. The summed E-state index contributed by atoms with van der Waals surface area (Å²) in [6, 6.07) is 8.24.